The van der Waals surface area contributed by atoms with Crippen LogP contribution >= 0.6 is 96.0 Å². The van der Waals surface area contributed by atoms with E-state index in [1.54, 1.807) is 82.6 Å². The van der Waals surface area contributed by atoms with E-state index in [1.807, 2.05) is 102 Å². The van der Waals surface area contributed by atoms with Crippen LogP contribution in [0.2, 0.25) is 0 Å². The van der Waals surface area contributed by atoms with Crippen molar-refractivity contribution in [2.75, 3.05) is 122 Å². The van der Waals surface area contributed by atoms with Crippen LogP contribution in [0.3, 0.4) is 0 Å². The molecule has 4 saturated heterocycles. The summed E-state index contributed by atoms with van der Waals surface area (Å²) in [6.07, 6.45) is 3.91. The Hall–Kier alpha value is -9.00. The van der Waals surface area contributed by atoms with E-state index in [4.69, 9.17) is 55.9 Å². The molecule has 0 unspecified atom stereocenters. The summed E-state index contributed by atoms with van der Waals surface area (Å²) in [6, 6.07) is 42.7. The van der Waals surface area contributed by atoms with Gasteiger partial charge in [0.15, 0.2) is 0 Å². The molecular weight excluding hydrogens is 2060 g/mol. The Labute approximate surface area is 920 Å². The topological polar surface area (TPSA) is 229 Å². The van der Waals surface area contributed by atoms with E-state index in [0.717, 1.165) is 47.9 Å². The Kier molecular flexibility index (Phi) is 52.9. The largest absolute Gasteiger partial charge is 0.491 e. The van der Waals surface area contributed by atoms with Crippen molar-refractivity contribution in [3.05, 3.63) is 249 Å². The molecule has 4 aliphatic heterocycles. The first-order valence-corrected chi connectivity index (χ1v) is 52.6. The van der Waals surface area contributed by atoms with E-state index < -0.39 is 59.3 Å². The first kappa shape index (κ1) is 129. The quantitative estimate of drug-likeness (QED) is 0.0227. The van der Waals surface area contributed by atoms with Crippen LogP contribution in [-0.4, -0.2) is 205 Å². The predicted molar refractivity (Wildman–Crippen MR) is 603 cm³/mol. The number of rotatable bonds is 32. The minimum Gasteiger partial charge on any atom is -0.491 e. The summed E-state index contributed by atoms with van der Waals surface area (Å²) in [4.78, 5) is 123. The van der Waals surface area contributed by atoms with Crippen LogP contribution in [0.15, 0.2) is 170 Å². The van der Waals surface area contributed by atoms with E-state index in [1.165, 1.54) is 79.3 Å². The first-order valence-electron chi connectivity index (χ1n) is 50.4. The van der Waals surface area contributed by atoms with Crippen molar-refractivity contribution in [1.29, 1.82) is 0 Å². The summed E-state index contributed by atoms with van der Waals surface area (Å²) in [5.41, 5.74) is 10.7. The Balaban J connectivity index is 0.000000344. The Morgan fingerprint density at radius 3 is 0.703 bits per heavy atom. The number of hydrogen-bond donors (Lipinski definition) is 4. The molecule has 0 radical (unpaired) electrons. The average Bonchev–Trinajstić information content (AvgIpc) is 0.787. The summed E-state index contributed by atoms with van der Waals surface area (Å²) < 4.78 is 66.9. The number of carbonyl (C=O) groups excluding carboxylic acids is 8. The number of halogens is 12. The highest BCUT2D eigenvalue weighted by atomic mass is 35.5. The highest BCUT2D eigenvalue weighted by molar-refractivity contribution is 6.31. The number of piperazine rings is 4. The smallest absolute Gasteiger partial charge is 0.250 e. The number of aryl methyl sites for hydroxylation is 6. The zero-order chi connectivity index (χ0) is 106. The second-order valence-corrected chi connectivity index (χ2v) is 43.4. The van der Waals surface area contributed by atoms with Crippen molar-refractivity contribution >= 4 is 166 Å². The fourth-order valence-corrected chi connectivity index (χ4v) is 18.8. The van der Waals surface area contributed by atoms with Crippen molar-refractivity contribution in [3.63, 3.8) is 0 Å². The van der Waals surface area contributed by atoms with E-state index in [2.05, 4.69) is 130 Å². The van der Waals surface area contributed by atoms with Crippen molar-refractivity contribution in [2.45, 2.75) is 239 Å². The number of hydrogen-bond acceptors (Lipinski definition) is 14. The molecule has 0 aromatic heterocycles. The normalized spacial score (nSPS) is 16.6. The maximum absolute atomic E-state index is 14.1. The SMILES string of the molecule is Cc1cc(CCC(C)(C)C)ccc1N(C(=O)CCl)[C@@H](C(=O)N1CCN[C@H](C(C)C)C1)c1ccc(F)cc1.Cc1cc(CCC(C)(C)C)ccc1N(C(=O)CCl)[C@H](C(=O)N1CCN[C@H](C(C)C)C1)c1ccc(F)cc1.Cc1cc(OC(C)C)ccc1N(C(=O)CCl)[C@@H](C(=O)N1CCN[C@@H](C(C)C)C1)c1ccc(F)cc1.Cc1cc(OC(C)C)ccc1N(C(=O)CCl)[C@H](C(=O)N1CCN[C@@H](C(C)C)C1)c1ccc(F)cc1.Cl.Cl.Cl.Cl. The molecule has 0 bridgehead atoms. The molecule has 816 valence electrons. The van der Waals surface area contributed by atoms with E-state index in [-0.39, 0.29) is 156 Å². The number of carbonyl (C=O) groups is 8. The zero-order valence-electron chi connectivity index (χ0n) is 89.7. The number of nitrogens with one attached hydrogen (secondary N) is 4. The number of amides is 8. The van der Waals surface area contributed by atoms with Gasteiger partial charge < -0.3 is 50.3 Å². The molecule has 8 atom stereocenters. The standard InChI is InChI=1S/2C30H41ClFN3O2.2C27H35ClFN3O3.4ClH/c2*1-20(2)25-19-34(16-15-33-25)29(37)28(23-8-10-24(32)11-9-23)35(27(36)18-31)26-12-7-22(17-21(26)3)13-14-30(4,5)6;2*1-17(2)23-16-31(13-12-30-23)27(34)26(20-6-8-21(29)9-7-20)32(25(33)15-28)24-11-10-22(14-19(24)5)35-18(3)4;;;;/h2*7-12,17,20,25,28,33H,13-16,18-19H2,1-6H3;2*6-11,14,17-18,23,26,30H,12-13,15-16H2,1-5H3;4*1H/t25-,28+;25-,28-;23-,26+;23-,26-;;;;/m0011..../s1. The maximum atomic E-state index is 14.1. The lowest BCUT2D eigenvalue weighted by molar-refractivity contribution is -0.136. The number of benzene rings is 8. The summed E-state index contributed by atoms with van der Waals surface area (Å²) in [5, 5.41) is 13.9. The van der Waals surface area contributed by atoms with Crippen LogP contribution < -0.4 is 50.3 Å². The number of nitrogens with zero attached hydrogens (tertiary/aromatic N) is 8. The van der Waals surface area contributed by atoms with Gasteiger partial charge in [0.2, 0.25) is 23.6 Å². The van der Waals surface area contributed by atoms with E-state index in [9.17, 15) is 55.9 Å². The van der Waals surface area contributed by atoms with Crippen LogP contribution in [0.4, 0.5) is 40.3 Å². The summed E-state index contributed by atoms with van der Waals surface area (Å²) >= 11 is 24.3. The van der Waals surface area contributed by atoms with Gasteiger partial charge in [-0.2, -0.15) is 0 Å². The third-order valence-corrected chi connectivity index (χ3v) is 27.4. The molecule has 8 aromatic rings. The van der Waals surface area contributed by atoms with Gasteiger partial charge in [0, 0.05) is 125 Å². The zero-order valence-corrected chi connectivity index (χ0v) is 96.0. The molecule has 148 heavy (non-hydrogen) atoms. The second kappa shape index (κ2) is 60.4. The summed E-state index contributed by atoms with van der Waals surface area (Å²) in [6.45, 7) is 52.5. The second-order valence-electron chi connectivity index (χ2n) is 42.4. The maximum Gasteiger partial charge on any atom is 0.250 e. The van der Waals surface area contributed by atoms with Gasteiger partial charge in [-0.3, -0.25) is 58.0 Å². The van der Waals surface area contributed by atoms with Crippen molar-refractivity contribution in [3.8, 4) is 11.5 Å². The van der Waals surface area contributed by atoms with Crippen LogP contribution in [0.5, 0.6) is 11.5 Å². The van der Waals surface area contributed by atoms with Crippen LogP contribution in [-0.2, 0) is 51.2 Å². The molecular formula is C114H156Cl8F4N12O10. The first-order chi connectivity index (χ1) is 68.0. The van der Waals surface area contributed by atoms with Gasteiger partial charge >= 0.3 is 0 Å². The van der Waals surface area contributed by atoms with Crippen molar-refractivity contribution in [2.24, 2.45) is 34.5 Å². The number of alkyl halides is 4. The Bertz CT molecular complexity index is 5250. The monoisotopic (exact) mass is 2210 g/mol. The Morgan fingerprint density at radius 2 is 0.527 bits per heavy atom. The van der Waals surface area contributed by atoms with E-state index >= 15 is 0 Å². The Morgan fingerprint density at radius 1 is 0.324 bits per heavy atom. The van der Waals surface area contributed by atoms with Gasteiger partial charge in [0.05, 0.1) is 12.2 Å². The van der Waals surface area contributed by atoms with Gasteiger partial charge in [-0.15, -0.1) is 96.0 Å². The molecule has 0 spiro atoms. The molecule has 0 aliphatic carbocycles. The molecule has 22 nitrogen and oxygen atoms in total. The minimum absolute atomic E-state index is 0. The fraction of sp³-hybridized carbons (Fsp3) is 0.509. The third-order valence-electron chi connectivity index (χ3n) is 26.5. The molecule has 4 N–H and O–H groups in total. The molecule has 8 amide bonds. The van der Waals surface area contributed by atoms with Crippen molar-refractivity contribution in [1.82, 2.24) is 40.9 Å². The van der Waals surface area contributed by atoms with Gasteiger partial charge in [-0.1, -0.05) is 170 Å². The molecule has 0 saturated carbocycles. The molecule has 34 heteroatoms. The summed E-state index contributed by atoms with van der Waals surface area (Å²) in [7, 11) is 0. The fourth-order valence-electron chi connectivity index (χ4n) is 18.3. The van der Waals surface area contributed by atoms with Gasteiger partial charge in [0.1, 0.15) is 82.5 Å². The molecule has 4 fully saturated rings. The van der Waals surface area contributed by atoms with Crippen LogP contribution in [0, 0.1) is 85.5 Å². The average molecular weight is 2210 g/mol. The van der Waals surface area contributed by atoms with Gasteiger partial charge in [-0.25, -0.2) is 17.6 Å². The molecule has 12 rings (SSSR count). The third kappa shape index (κ3) is 36.6. The van der Waals surface area contributed by atoms with Crippen molar-refractivity contribution < 1.29 is 65.4 Å². The number of anilines is 4. The van der Waals surface area contributed by atoms with Gasteiger partial charge in [-0.05, 0) is 268 Å². The molecule has 4 heterocycles. The van der Waals surface area contributed by atoms with Gasteiger partial charge in [0.25, 0.3) is 23.6 Å². The highest BCUT2D eigenvalue weighted by Crippen LogP contribution is 2.41. The van der Waals surface area contributed by atoms with E-state index in [0.29, 0.717) is 159 Å². The molecule has 4 aliphatic rings. The van der Waals surface area contributed by atoms with Crippen LogP contribution in [0.1, 0.15) is 217 Å². The predicted octanol–water partition coefficient (Wildman–Crippen LogP) is 22.8. The lowest BCUT2D eigenvalue weighted by Gasteiger charge is -2.40. The lowest BCUT2D eigenvalue weighted by Crippen LogP contribution is -2.57. The highest BCUT2D eigenvalue weighted by Gasteiger charge is 2.44. The number of ether oxygens (including phenoxy) is 2. The minimum atomic E-state index is -0.983. The lowest BCUT2D eigenvalue weighted by atomic mass is 9.88. The molecule has 8 aromatic carbocycles. The van der Waals surface area contributed by atoms with Crippen LogP contribution in [0.25, 0.3) is 0 Å². The summed E-state index contributed by atoms with van der Waals surface area (Å²) in [5.74, 6) is -2.41.